The number of rotatable bonds is 7. The third-order valence-corrected chi connectivity index (χ3v) is 4.75. The van der Waals surface area contributed by atoms with Crippen molar-refractivity contribution in [2.45, 2.75) is 6.92 Å². The second-order valence-corrected chi connectivity index (χ2v) is 6.73. The molecule has 1 fully saturated rings. The van der Waals surface area contributed by atoms with E-state index in [1.165, 1.54) is 12.8 Å². The zero-order chi connectivity index (χ0) is 19.9. The van der Waals surface area contributed by atoms with E-state index in [-0.39, 0.29) is 12.4 Å². The van der Waals surface area contributed by atoms with Gasteiger partial charge in [0, 0.05) is 49.3 Å². The first-order valence-corrected chi connectivity index (χ1v) is 9.28. The molecule has 1 aliphatic rings. The van der Waals surface area contributed by atoms with Crippen LogP contribution >= 0.6 is 0 Å². The van der Waals surface area contributed by atoms with Crippen LogP contribution in [-0.4, -0.2) is 68.1 Å². The lowest BCUT2D eigenvalue weighted by atomic mass is 10.1. The van der Waals surface area contributed by atoms with Gasteiger partial charge in [0.25, 0.3) is 0 Å². The van der Waals surface area contributed by atoms with Crippen molar-refractivity contribution in [3.05, 3.63) is 53.9 Å². The highest BCUT2D eigenvalue weighted by molar-refractivity contribution is 5.97. The second kappa shape index (κ2) is 9.32. The van der Waals surface area contributed by atoms with Crippen molar-refractivity contribution >= 4 is 17.4 Å². The number of ketones is 1. The third kappa shape index (κ3) is 5.29. The summed E-state index contributed by atoms with van der Waals surface area (Å²) in [5.74, 6) is 0.164. The Bertz CT molecular complexity index is 815. The number of Topliss-reactive ketones (excluding diaryl/α,β-unsaturated/α-hetero) is 1. The maximum Gasteiger partial charge on any atom is 0.343 e. The largest absolute Gasteiger partial charge is 0.482 e. The average molecular weight is 383 g/mol. The van der Waals surface area contributed by atoms with Crippen LogP contribution in [-0.2, 0) is 9.53 Å². The molecule has 28 heavy (non-hydrogen) atoms. The number of anilines is 1. The van der Waals surface area contributed by atoms with E-state index in [2.05, 4.69) is 25.6 Å². The number of aryl methyl sites for hydroxylation is 1. The summed E-state index contributed by atoms with van der Waals surface area (Å²) in [7, 11) is 1.31. The van der Waals surface area contributed by atoms with Gasteiger partial charge in [0.05, 0.1) is 13.7 Å². The topological polar surface area (TPSA) is 72.0 Å². The van der Waals surface area contributed by atoms with Crippen LogP contribution in [0.5, 0.6) is 5.75 Å². The van der Waals surface area contributed by atoms with Gasteiger partial charge in [-0.15, -0.1) is 0 Å². The smallest absolute Gasteiger partial charge is 0.343 e. The van der Waals surface area contributed by atoms with Gasteiger partial charge >= 0.3 is 5.97 Å². The molecule has 3 rings (SSSR count). The Kier molecular flexibility index (Phi) is 6.60. The Morgan fingerprint density at radius 2 is 1.79 bits per heavy atom. The second-order valence-electron chi connectivity index (χ2n) is 6.73. The van der Waals surface area contributed by atoms with Crippen molar-refractivity contribution in [3.63, 3.8) is 0 Å². The zero-order valence-corrected chi connectivity index (χ0v) is 16.3. The highest BCUT2D eigenvalue weighted by Gasteiger charge is 2.20. The number of carbonyl (C=O) groups is 2. The Morgan fingerprint density at radius 1 is 1.07 bits per heavy atom. The molecule has 0 bridgehead atoms. The lowest BCUT2D eigenvalue weighted by molar-refractivity contribution is -0.142. The van der Waals surface area contributed by atoms with Crippen LogP contribution in [0.4, 0.5) is 5.69 Å². The molecule has 0 amide bonds. The van der Waals surface area contributed by atoms with Crippen molar-refractivity contribution in [2.24, 2.45) is 0 Å². The first-order chi connectivity index (χ1) is 13.5. The number of methoxy groups -OCH3 is 1. The maximum atomic E-state index is 12.6. The van der Waals surface area contributed by atoms with E-state index in [4.69, 9.17) is 4.74 Å². The lowest BCUT2D eigenvalue weighted by Gasteiger charge is -2.35. The van der Waals surface area contributed by atoms with Crippen LogP contribution in [0.25, 0.3) is 0 Å². The molecule has 0 saturated carbocycles. The molecule has 7 heteroatoms. The molecular weight excluding hydrogens is 358 g/mol. The Labute approximate surface area is 164 Å². The number of esters is 1. The van der Waals surface area contributed by atoms with E-state index in [1.807, 2.05) is 19.2 Å². The number of nitrogens with zero attached hydrogens (tertiary/aromatic N) is 3. The molecule has 2 heterocycles. The van der Waals surface area contributed by atoms with Crippen LogP contribution < -0.4 is 9.64 Å². The molecule has 148 valence electrons. The van der Waals surface area contributed by atoms with Gasteiger partial charge < -0.3 is 14.4 Å². The first-order valence-electron chi connectivity index (χ1n) is 9.28. The van der Waals surface area contributed by atoms with Crippen LogP contribution in [0.1, 0.15) is 16.1 Å². The van der Waals surface area contributed by atoms with E-state index in [9.17, 15) is 9.59 Å². The van der Waals surface area contributed by atoms with Gasteiger partial charge in [-0.2, -0.15) is 0 Å². The number of carbonyl (C=O) groups excluding carboxylic acids is 2. The van der Waals surface area contributed by atoms with Gasteiger partial charge in [-0.25, -0.2) is 4.79 Å². The van der Waals surface area contributed by atoms with Gasteiger partial charge in [-0.05, 0) is 43.3 Å². The molecule has 0 aliphatic carbocycles. The molecule has 2 aromatic rings. The van der Waals surface area contributed by atoms with Crippen LogP contribution in [0.15, 0.2) is 42.6 Å². The lowest BCUT2D eigenvalue weighted by Crippen LogP contribution is -2.48. The van der Waals surface area contributed by atoms with E-state index < -0.39 is 5.97 Å². The number of piperazine rings is 1. The molecule has 0 radical (unpaired) electrons. The van der Waals surface area contributed by atoms with Crippen molar-refractivity contribution < 1.29 is 19.1 Å². The maximum absolute atomic E-state index is 12.6. The average Bonchev–Trinajstić information content (AvgIpc) is 2.73. The number of hydrogen-bond donors (Lipinski definition) is 0. The summed E-state index contributed by atoms with van der Waals surface area (Å²) in [4.78, 5) is 32.4. The van der Waals surface area contributed by atoms with Crippen molar-refractivity contribution in [2.75, 3.05) is 51.3 Å². The molecule has 0 N–H and O–H groups in total. The third-order valence-electron chi connectivity index (χ3n) is 4.75. The first kappa shape index (κ1) is 19.8. The molecule has 1 aliphatic heterocycles. The fraction of sp³-hybridized carbons (Fsp3) is 0.381. The summed E-state index contributed by atoms with van der Waals surface area (Å²) >= 11 is 0. The summed E-state index contributed by atoms with van der Waals surface area (Å²) < 4.78 is 9.83. The van der Waals surface area contributed by atoms with Crippen molar-refractivity contribution in [1.82, 2.24) is 9.88 Å². The summed E-state index contributed by atoms with van der Waals surface area (Å²) in [6.07, 6.45) is 1.83. The van der Waals surface area contributed by atoms with Gasteiger partial charge in [-0.1, -0.05) is 0 Å². The molecule has 7 nitrogen and oxygen atoms in total. The molecular formula is C21H25N3O4. The number of benzene rings is 1. The standard InChI is InChI=1S/C21H25N3O4/c1-16-13-18(7-8-22-16)24-11-9-23(10-12-24)14-20(25)17-3-5-19(6-4-17)28-15-21(26)27-2/h3-8,13H,9-12,14-15H2,1-2H3. The molecule has 0 atom stereocenters. The minimum Gasteiger partial charge on any atom is -0.482 e. The summed E-state index contributed by atoms with van der Waals surface area (Å²) in [6.45, 7) is 5.69. The fourth-order valence-corrected chi connectivity index (χ4v) is 3.12. The number of pyridine rings is 1. The quantitative estimate of drug-likeness (QED) is 0.534. The fourth-order valence-electron chi connectivity index (χ4n) is 3.12. The summed E-state index contributed by atoms with van der Waals surface area (Å²) in [5, 5.41) is 0. The van der Waals surface area contributed by atoms with Gasteiger partial charge in [0.2, 0.25) is 0 Å². The van der Waals surface area contributed by atoms with Crippen LogP contribution in [0.3, 0.4) is 0 Å². The minimum atomic E-state index is -0.443. The number of aromatic nitrogens is 1. The predicted molar refractivity (Wildman–Crippen MR) is 106 cm³/mol. The van der Waals surface area contributed by atoms with Crippen LogP contribution in [0.2, 0.25) is 0 Å². The van der Waals surface area contributed by atoms with Crippen molar-refractivity contribution in [3.8, 4) is 5.75 Å². The minimum absolute atomic E-state index is 0.0766. The van der Waals surface area contributed by atoms with E-state index in [0.717, 1.165) is 31.9 Å². The monoisotopic (exact) mass is 383 g/mol. The Balaban J connectivity index is 1.48. The predicted octanol–water partition coefficient (Wildman–Crippen LogP) is 1.95. The molecule has 1 saturated heterocycles. The zero-order valence-electron chi connectivity index (χ0n) is 16.3. The van der Waals surface area contributed by atoms with Gasteiger partial charge in [0.15, 0.2) is 12.4 Å². The van der Waals surface area contributed by atoms with Gasteiger partial charge in [0.1, 0.15) is 5.75 Å². The number of hydrogen-bond acceptors (Lipinski definition) is 7. The summed E-state index contributed by atoms with van der Waals surface area (Å²) in [6, 6.07) is 11.0. The highest BCUT2D eigenvalue weighted by Crippen LogP contribution is 2.17. The molecule has 0 unspecified atom stereocenters. The van der Waals surface area contributed by atoms with E-state index in [1.54, 1.807) is 24.3 Å². The SMILES string of the molecule is COC(=O)COc1ccc(C(=O)CN2CCN(c3ccnc(C)c3)CC2)cc1. The molecule has 0 spiro atoms. The van der Waals surface area contributed by atoms with E-state index in [0.29, 0.717) is 17.9 Å². The normalized spacial score (nSPS) is 14.6. The summed E-state index contributed by atoms with van der Waals surface area (Å²) in [5.41, 5.74) is 2.83. The van der Waals surface area contributed by atoms with Crippen molar-refractivity contribution in [1.29, 1.82) is 0 Å². The highest BCUT2D eigenvalue weighted by atomic mass is 16.6. The van der Waals surface area contributed by atoms with Gasteiger partial charge in [-0.3, -0.25) is 14.7 Å². The Hall–Kier alpha value is -2.93. The van der Waals surface area contributed by atoms with E-state index >= 15 is 0 Å². The number of ether oxygens (including phenoxy) is 2. The Morgan fingerprint density at radius 3 is 2.43 bits per heavy atom. The molecule has 1 aromatic carbocycles. The van der Waals surface area contributed by atoms with Crippen LogP contribution in [0, 0.1) is 6.92 Å². The molecule has 1 aromatic heterocycles.